The summed E-state index contributed by atoms with van der Waals surface area (Å²) in [6.07, 6.45) is 3.09. The summed E-state index contributed by atoms with van der Waals surface area (Å²) in [6, 6.07) is 2.02. The second-order valence-corrected chi connectivity index (χ2v) is 5.55. The maximum absolute atomic E-state index is 14.1. The number of halogens is 3. The largest absolute Gasteiger partial charge is 0.481 e. The maximum Gasteiger partial charge on any atom is 0.314 e. The van der Waals surface area contributed by atoms with Crippen LogP contribution in [0.4, 0.5) is 8.78 Å². The Morgan fingerprint density at radius 2 is 1.83 bits per heavy atom. The van der Waals surface area contributed by atoms with Crippen molar-refractivity contribution in [3.63, 3.8) is 0 Å². The summed E-state index contributed by atoms with van der Waals surface area (Å²) >= 11 is 2.93. The number of benzene rings is 1. The molecule has 0 saturated heterocycles. The molecule has 1 fully saturated rings. The molecule has 0 heterocycles. The average Bonchev–Trinajstić information content (AvgIpc) is 2.34. The second-order valence-electron chi connectivity index (χ2n) is 4.70. The van der Waals surface area contributed by atoms with Gasteiger partial charge in [-0.15, -0.1) is 0 Å². The molecule has 0 radical (unpaired) electrons. The van der Waals surface area contributed by atoms with Gasteiger partial charge in [0.25, 0.3) is 0 Å². The highest BCUT2D eigenvalue weighted by atomic mass is 79.9. The molecule has 2 nitrogen and oxygen atoms in total. The molecule has 0 unspecified atom stereocenters. The minimum absolute atomic E-state index is 0.0244. The number of carbonyl (C=O) groups is 1. The highest BCUT2D eigenvalue weighted by Gasteiger charge is 2.43. The minimum atomic E-state index is -1.28. The van der Waals surface area contributed by atoms with Gasteiger partial charge in [0.05, 0.1) is 9.89 Å². The standard InChI is InChI=1S/C13H13BrF2O2/c14-10-7-8(15)6-9(11(10)16)13(12(17)18)4-2-1-3-5-13/h6-7H,1-5H2,(H,17,18). The molecule has 2 rings (SSSR count). The number of carboxylic acid groups (broad SMARTS) is 1. The molecule has 1 aliphatic rings. The van der Waals surface area contributed by atoms with E-state index in [2.05, 4.69) is 15.9 Å². The fraction of sp³-hybridized carbons (Fsp3) is 0.462. The van der Waals surface area contributed by atoms with Crippen molar-refractivity contribution in [2.45, 2.75) is 37.5 Å². The molecular formula is C13H13BrF2O2. The maximum atomic E-state index is 14.1. The molecular weight excluding hydrogens is 306 g/mol. The van der Waals surface area contributed by atoms with Crippen LogP contribution in [0.2, 0.25) is 0 Å². The van der Waals surface area contributed by atoms with Crippen LogP contribution in [-0.2, 0) is 10.2 Å². The summed E-state index contributed by atoms with van der Waals surface area (Å²) < 4.78 is 27.5. The van der Waals surface area contributed by atoms with Crippen LogP contribution in [0.3, 0.4) is 0 Å². The van der Waals surface area contributed by atoms with E-state index in [1.54, 1.807) is 0 Å². The van der Waals surface area contributed by atoms with Crippen molar-refractivity contribution in [3.05, 3.63) is 33.8 Å². The Labute approximate surface area is 112 Å². The third-order valence-corrected chi connectivity index (χ3v) is 4.20. The molecule has 1 aromatic rings. The van der Waals surface area contributed by atoms with Crippen molar-refractivity contribution in [1.29, 1.82) is 0 Å². The van der Waals surface area contributed by atoms with E-state index in [0.717, 1.165) is 31.4 Å². The smallest absolute Gasteiger partial charge is 0.314 e. The molecule has 18 heavy (non-hydrogen) atoms. The van der Waals surface area contributed by atoms with Crippen LogP contribution >= 0.6 is 15.9 Å². The zero-order valence-corrected chi connectivity index (χ0v) is 11.3. The zero-order valence-electron chi connectivity index (χ0n) is 9.68. The van der Waals surface area contributed by atoms with E-state index < -0.39 is 23.0 Å². The molecule has 5 heteroatoms. The molecule has 0 atom stereocenters. The van der Waals surface area contributed by atoms with Crippen molar-refractivity contribution >= 4 is 21.9 Å². The van der Waals surface area contributed by atoms with E-state index in [4.69, 9.17) is 0 Å². The molecule has 1 saturated carbocycles. The van der Waals surface area contributed by atoms with Crippen molar-refractivity contribution in [1.82, 2.24) is 0 Å². The summed E-state index contributed by atoms with van der Waals surface area (Å²) in [6.45, 7) is 0. The predicted molar refractivity (Wildman–Crippen MR) is 66.5 cm³/mol. The van der Waals surface area contributed by atoms with Gasteiger partial charge in [-0.2, -0.15) is 0 Å². The topological polar surface area (TPSA) is 37.3 Å². The third-order valence-electron chi connectivity index (χ3n) is 3.63. The molecule has 1 aliphatic carbocycles. The molecule has 0 amide bonds. The van der Waals surface area contributed by atoms with Gasteiger partial charge < -0.3 is 5.11 Å². The van der Waals surface area contributed by atoms with Gasteiger partial charge >= 0.3 is 5.97 Å². The zero-order chi connectivity index (χ0) is 13.3. The Morgan fingerprint density at radius 3 is 2.39 bits per heavy atom. The fourth-order valence-corrected chi connectivity index (χ4v) is 3.09. The summed E-state index contributed by atoms with van der Waals surface area (Å²) in [5.41, 5.74) is -1.32. The number of hydrogen-bond donors (Lipinski definition) is 1. The van der Waals surface area contributed by atoms with Gasteiger partial charge in [0.1, 0.15) is 11.6 Å². The van der Waals surface area contributed by atoms with Gasteiger partial charge in [0.2, 0.25) is 0 Å². The first-order valence-corrected chi connectivity index (χ1v) is 6.65. The van der Waals surface area contributed by atoms with Gasteiger partial charge in [-0.25, -0.2) is 8.78 Å². The van der Waals surface area contributed by atoms with Crippen LogP contribution in [0.15, 0.2) is 16.6 Å². The SMILES string of the molecule is O=C(O)C1(c2cc(F)cc(Br)c2F)CCCCC1. The van der Waals surface area contributed by atoms with E-state index in [1.807, 2.05) is 0 Å². The van der Waals surface area contributed by atoms with Gasteiger partial charge in [-0.05, 0) is 40.9 Å². The van der Waals surface area contributed by atoms with Crippen LogP contribution in [0, 0.1) is 11.6 Å². The van der Waals surface area contributed by atoms with E-state index in [1.165, 1.54) is 0 Å². The van der Waals surface area contributed by atoms with Crippen LogP contribution in [0.25, 0.3) is 0 Å². The van der Waals surface area contributed by atoms with Crippen LogP contribution in [-0.4, -0.2) is 11.1 Å². The van der Waals surface area contributed by atoms with Gasteiger partial charge in [-0.1, -0.05) is 19.3 Å². The van der Waals surface area contributed by atoms with Gasteiger partial charge in [0.15, 0.2) is 0 Å². The lowest BCUT2D eigenvalue weighted by molar-refractivity contribution is -0.145. The Bertz CT molecular complexity index is 482. The Morgan fingerprint density at radius 1 is 1.22 bits per heavy atom. The average molecular weight is 319 g/mol. The number of aliphatic carboxylic acids is 1. The number of rotatable bonds is 2. The monoisotopic (exact) mass is 318 g/mol. The molecule has 1 aromatic carbocycles. The Hall–Kier alpha value is -0.970. The first kappa shape index (κ1) is 13.5. The predicted octanol–water partition coefficient (Wildman–Crippen LogP) is 4.01. The van der Waals surface area contributed by atoms with Crippen molar-refractivity contribution in [3.8, 4) is 0 Å². The molecule has 0 aromatic heterocycles. The van der Waals surface area contributed by atoms with E-state index in [-0.39, 0.29) is 10.0 Å². The lowest BCUT2D eigenvalue weighted by Crippen LogP contribution is -2.38. The first-order valence-electron chi connectivity index (χ1n) is 5.86. The fourth-order valence-electron chi connectivity index (χ4n) is 2.66. The normalized spacial score (nSPS) is 18.6. The quantitative estimate of drug-likeness (QED) is 0.836. The van der Waals surface area contributed by atoms with E-state index in [9.17, 15) is 18.7 Å². The van der Waals surface area contributed by atoms with Crippen molar-refractivity contribution < 1.29 is 18.7 Å². The van der Waals surface area contributed by atoms with E-state index in [0.29, 0.717) is 12.8 Å². The summed E-state index contributed by atoms with van der Waals surface area (Å²) in [5.74, 6) is -2.36. The number of carboxylic acids is 1. The lowest BCUT2D eigenvalue weighted by Gasteiger charge is -2.34. The third kappa shape index (κ3) is 2.16. The summed E-state index contributed by atoms with van der Waals surface area (Å²) in [4.78, 5) is 11.5. The highest BCUT2D eigenvalue weighted by Crippen LogP contribution is 2.42. The van der Waals surface area contributed by atoms with Crippen molar-refractivity contribution in [2.24, 2.45) is 0 Å². The van der Waals surface area contributed by atoms with Gasteiger partial charge in [-0.3, -0.25) is 4.79 Å². The highest BCUT2D eigenvalue weighted by molar-refractivity contribution is 9.10. The van der Waals surface area contributed by atoms with Crippen LogP contribution in [0.5, 0.6) is 0 Å². The molecule has 0 spiro atoms. The van der Waals surface area contributed by atoms with Crippen molar-refractivity contribution in [2.75, 3.05) is 0 Å². The lowest BCUT2D eigenvalue weighted by atomic mass is 9.69. The second kappa shape index (κ2) is 4.96. The number of hydrogen-bond acceptors (Lipinski definition) is 1. The summed E-state index contributed by atoms with van der Waals surface area (Å²) in [7, 11) is 0. The molecule has 0 aliphatic heterocycles. The Kier molecular flexibility index (Phi) is 3.71. The van der Waals surface area contributed by atoms with Gasteiger partial charge in [0, 0.05) is 5.56 Å². The molecule has 1 N–H and O–H groups in total. The van der Waals surface area contributed by atoms with E-state index >= 15 is 0 Å². The summed E-state index contributed by atoms with van der Waals surface area (Å²) in [5, 5.41) is 9.44. The molecule has 0 bridgehead atoms. The molecule has 98 valence electrons. The van der Waals surface area contributed by atoms with Crippen LogP contribution in [0.1, 0.15) is 37.7 Å². The van der Waals surface area contributed by atoms with Crippen LogP contribution < -0.4 is 0 Å². The minimum Gasteiger partial charge on any atom is -0.481 e. The Balaban J connectivity index is 2.59. The first-order chi connectivity index (χ1) is 8.47.